The fraction of sp³-hybridized carbons (Fsp3) is 0.0455. The van der Waals surface area contributed by atoms with Gasteiger partial charge in [-0.3, -0.25) is 0 Å². The van der Waals surface area contributed by atoms with E-state index < -0.39 is 7.14 Å². The second-order valence-corrected chi connectivity index (χ2v) is 15.3. The molecule has 0 saturated carbocycles. The average molecular weight is 638 g/mol. The summed E-state index contributed by atoms with van der Waals surface area (Å²) in [4.78, 5) is 2.35. The van der Waals surface area contributed by atoms with E-state index in [2.05, 4.69) is 103 Å². The van der Waals surface area contributed by atoms with E-state index in [1.54, 1.807) is 0 Å². The first-order chi connectivity index (χ1) is 23.6. The molecule has 4 heteroatoms. The van der Waals surface area contributed by atoms with Gasteiger partial charge in [-0.2, -0.15) is 0 Å². The number of hydrogen-bond donors (Lipinski definition) is 0. The molecule has 0 spiro atoms. The number of furan rings is 1. The Balaban J connectivity index is 1.14. The van der Waals surface area contributed by atoms with Gasteiger partial charge in [0.05, 0.1) is 0 Å². The van der Waals surface area contributed by atoms with Crippen LogP contribution in [-0.4, -0.2) is 7.05 Å². The molecular formula is C44H32NO2P. The van der Waals surface area contributed by atoms with Gasteiger partial charge in [0.2, 0.25) is 0 Å². The second kappa shape index (κ2) is 11.3. The van der Waals surface area contributed by atoms with Gasteiger partial charge in [0.25, 0.3) is 0 Å². The highest BCUT2D eigenvalue weighted by atomic mass is 31.2. The molecule has 1 aliphatic rings. The summed E-state index contributed by atoms with van der Waals surface area (Å²) < 4.78 is 21.7. The van der Waals surface area contributed by atoms with Gasteiger partial charge in [0, 0.05) is 45.2 Å². The largest absolute Gasteiger partial charge is 0.458 e. The van der Waals surface area contributed by atoms with E-state index in [0.29, 0.717) is 0 Å². The number of nitrogens with zero attached hydrogens (tertiary/aromatic N) is 1. The van der Waals surface area contributed by atoms with Crippen molar-refractivity contribution in [3.8, 4) is 22.3 Å². The Kier molecular flexibility index (Phi) is 6.71. The van der Waals surface area contributed by atoms with Crippen molar-refractivity contribution < 1.29 is 8.98 Å². The Morgan fingerprint density at radius 1 is 0.562 bits per heavy atom. The minimum atomic E-state index is -3.08. The summed E-state index contributed by atoms with van der Waals surface area (Å²) in [7, 11) is -0.919. The highest BCUT2D eigenvalue weighted by Gasteiger charge is 2.35. The molecule has 230 valence electrons. The molecule has 1 aliphatic heterocycles. The van der Waals surface area contributed by atoms with Crippen LogP contribution in [-0.2, 0) is 4.57 Å². The lowest BCUT2D eigenvalue weighted by Crippen LogP contribution is -2.28. The SMILES string of the molecule is CN1c2cc3ccccc3cc2-c2c(oc3ccccc23)C1c1ccc(-c2cccc(P(=O)(c3ccccc3)c3ccccc3)c2)cc1. The molecule has 7 aromatic carbocycles. The zero-order chi connectivity index (χ0) is 32.2. The Morgan fingerprint density at radius 2 is 1.17 bits per heavy atom. The van der Waals surface area contributed by atoms with Crippen LogP contribution in [0, 0.1) is 0 Å². The van der Waals surface area contributed by atoms with Gasteiger partial charge in [-0.05, 0) is 51.7 Å². The molecule has 0 saturated heterocycles. The topological polar surface area (TPSA) is 33.5 Å². The standard InChI is InChI=1S/C44H32NO2P/c1-45-40-29-34-14-9-8-13-33(34)28-39(40)42-38-21-10-11-22-41(38)47-44(42)43(45)31-25-23-30(24-26-31)32-15-12-20-37(27-32)48(46,35-16-4-2-5-17-35)36-18-6-3-7-19-36/h2-29,43H,1H3. The molecule has 48 heavy (non-hydrogen) atoms. The summed E-state index contributed by atoms with van der Waals surface area (Å²) in [5.41, 5.74) is 7.71. The van der Waals surface area contributed by atoms with Crippen molar-refractivity contribution in [2.24, 2.45) is 0 Å². The third kappa shape index (κ3) is 4.47. The van der Waals surface area contributed by atoms with Crippen molar-refractivity contribution in [3.05, 3.63) is 181 Å². The Labute approximate surface area is 280 Å². The lowest BCUT2D eigenvalue weighted by atomic mass is 9.87. The zero-order valence-electron chi connectivity index (χ0n) is 26.5. The van der Waals surface area contributed by atoms with Crippen molar-refractivity contribution >= 4 is 50.5 Å². The minimum absolute atomic E-state index is 0.0992. The van der Waals surface area contributed by atoms with Gasteiger partial charge in [0.1, 0.15) is 17.4 Å². The fourth-order valence-electron chi connectivity index (χ4n) is 7.41. The molecule has 1 aromatic heterocycles. The van der Waals surface area contributed by atoms with Crippen molar-refractivity contribution in [2.45, 2.75) is 6.04 Å². The van der Waals surface area contributed by atoms with E-state index in [1.807, 2.05) is 78.9 Å². The predicted octanol–water partition coefficient (Wildman–Crippen LogP) is 10.1. The summed E-state index contributed by atoms with van der Waals surface area (Å²) in [5, 5.41) is 6.06. The van der Waals surface area contributed by atoms with Crippen LogP contribution in [0.15, 0.2) is 174 Å². The average Bonchev–Trinajstić information content (AvgIpc) is 3.54. The Morgan fingerprint density at radius 3 is 1.88 bits per heavy atom. The number of hydrogen-bond acceptors (Lipinski definition) is 3. The van der Waals surface area contributed by atoms with Crippen LogP contribution in [0.3, 0.4) is 0 Å². The smallest absolute Gasteiger partial charge is 0.171 e. The molecule has 0 radical (unpaired) electrons. The van der Waals surface area contributed by atoms with Crippen molar-refractivity contribution in [1.82, 2.24) is 0 Å². The second-order valence-electron chi connectivity index (χ2n) is 12.5. The first-order valence-corrected chi connectivity index (χ1v) is 18.0. The number of rotatable bonds is 5. The maximum atomic E-state index is 15.1. The molecule has 0 fully saturated rings. The molecule has 0 aliphatic carbocycles. The molecule has 8 aromatic rings. The van der Waals surface area contributed by atoms with Crippen molar-refractivity contribution in [2.75, 3.05) is 11.9 Å². The van der Waals surface area contributed by atoms with E-state index in [4.69, 9.17) is 4.42 Å². The third-order valence-corrected chi connectivity index (χ3v) is 12.8. The quantitative estimate of drug-likeness (QED) is 0.176. The molecule has 0 amide bonds. The van der Waals surface area contributed by atoms with E-state index in [1.165, 1.54) is 27.6 Å². The first-order valence-electron chi connectivity index (χ1n) is 16.3. The number of anilines is 1. The normalized spacial score (nSPS) is 14.2. The van der Waals surface area contributed by atoms with E-state index >= 15 is 4.57 Å². The number of fused-ring (bicyclic) bond motifs is 6. The van der Waals surface area contributed by atoms with Crippen LogP contribution in [0.4, 0.5) is 5.69 Å². The van der Waals surface area contributed by atoms with Crippen LogP contribution in [0.2, 0.25) is 0 Å². The summed E-state index contributed by atoms with van der Waals surface area (Å²) in [6.45, 7) is 0. The maximum absolute atomic E-state index is 15.1. The number of para-hydroxylation sites is 1. The first kappa shape index (κ1) is 28.6. The van der Waals surface area contributed by atoms with Crippen LogP contribution < -0.4 is 20.8 Å². The summed E-state index contributed by atoms with van der Waals surface area (Å²) >= 11 is 0. The van der Waals surface area contributed by atoms with Gasteiger partial charge in [0.15, 0.2) is 7.14 Å². The molecule has 2 heterocycles. The molecular weight excluding hydrogens is 605 g/mol. The molecule has 1 unspecified atom stereocenters. The highest BCUT2D eigenvalue weighted by Crippen LogP contribution is 2.52. The van der Waals surface area contributed by atoms with Crippen LogP contribution >= 0.6 is 7.14 Å². The van der Waals surface area contributed by atoms with Gasteiger partial charge >= 0.3 is 0 Å². The van der Waals surface area contributed by atoms with Crippen LogP contribution in [0.25, 0.3) is 44.0 Å². The van der Waals surface area contributed by atoms with E-state index in [0.717, 1.165) is 49.3 Å². The molecule has 9 rings (SSSR count). The van der Waals surface area contributed by atoms with Crippen molar-refractivity contribution in [1.29, 1.82) is 0 Å². The monoisotopic (exact) mass is 637 g/mol. The van der Waals surface area contributed by atoms with Gasteiger partial charge in [-0.1, -0.05) is 146 Å². The van der Waals surface area contributed by atoms with Crippen LogP contribution in [0.5, 0.6) is 0 Å². The molecule has 1 atom stereocenters. The maximum Gasteiger partial charge on any atom is 0.171 e. The van der Waals surface area contributed by atoms with Gasteiger partial charge in [-0.25, -0.2) is 0 Å². The van der Waals surface area contributed by atoms with Crippen LogP contribution in [0.1, 0.15) is 17.4 Å². The Hall–Kier alpha value is -5.63. The van der Waals surface area contributed by atoms with Gasteiger partial charge < -0.3 is 13.9 Å². The number of benzene rings is 7. The van der Waals surface area contributed by atoms with Gasteiger partial charge in [-0.15, -0.1) is 0 Å². The lowest BCUT2D eigenvalue weighted by molar-refractivity contribution is 0.514. The fourth-order valence-corrected chi connectivity index (χ4v) is 10.1. The summed E-state index contributed by atoms with van der Waals surface area (Å²) in [6, 6.07) is 58.1. The predicted molar refractivity (Wildman–Crippen MR) is 201 cm³/mol. The Bertz CT molecular complexity index is 2460. The molecule has 3 nitrogen and oxygen atoms in total. The molecule has 0 N–H and O–H groups in total. The zero-order valence-corrected chi connectivity index (χ0v) is 27.3. The third-order valence-electron chi connectivity index (χ3n) is 9.78. The van der Waals surface area contributed by atoms with E-state index in [9.17, 15) is 0 Å². The highest BCUT2D eigenvalue weighted by molar-refractivity contribution is 7.85. The summed E-state index contributed by atoms with van der Waals surface area (Å²) in [5.74, 6) is 0.961. The molecule has 0 bridgehead atoms. The lowest BCUT2D eigenvalue weighted by Gasteiger charge is -2.35. The van der Waals surface area contributed by atoms with Crippen molar-refractivity contribution in [3.63, 3.8) is 0 Å². The summed E-state index contributed by atoms with van der Waals surface area (Å²) in [6.07, 6.45) is 0. The van der Waals surface area contributed by atoms with E-state index in [-0.39, 0.29) is 6.04 Å². The minimum Gasteiger partial charge on any atom is -0.458 e.